The third-order valence-electron chi connectivity index (χ3n) is 18.6. The monoisotopic (exact) mass is 1090 g/mol. The van der Waals surface area contributed by atoms with E-state index in [1.54, 1.807) is 0 Å². The van der Waals surface area contributed by atoms with Crippen molar-refractivity contribution in [2.45, 2.75) is 57.8 Å². The van der Waals surface area contributed by atoms with Crippen LogP contribution in [0.2, 0.25) is 0 Å². The van der Waals surface area contributed by atoms with Crippen LogP contribution in [0.1, 0.15) is 74.9 Å². The molecule has 15 rings (SSSR count). The largest absolute Gasteiger partial charge is 0.310 e. The fourth-order valence-electron chi connectivity index (χ4n) is 14.2. The molecule has 0 saturated carbocycles. The topological polar surface area (TPSA) is 13.0 Å². The summed E-state index contributed by atoms with van der Waals surface area (Å²) < 4.78 is 0. The van der Waals surface area contributed by atoms with Gasteiger partial charge in [0.2, 0.25) is 0 Å². The molecular weight excluding hydrogens is 1030 g/mol. The summed E-state index contributed by atoms with van der Waals surface area (Å²) in [7, 11) is 0. The summed E-state index contributed by atoms with van der Waals surface area (Å²) in [4.78, 5) is 9.64. The van der Waals surface area contributed by atoms with E-state index in [0.717, 1.165) is 68.2 Å². The van der Waals surface area contributed by atoms with E-state index in [9.17, 15) is 0 Å². The average molecular weight is 1100 g/mol. The first-order chi connectivity index (χ1) is 41.4. The quantitative estimate of drug-likeness (QED) is 0.121. The Morgan fingerprint density at radius 2 is 0.306 bits per heavy atom. The molecule has 0 unspecified atom stereocenters. The van der Waals surface area contributed by atoms with Crippen LogP contribution in [0.5, 0.6) is 0 Å². The Balaban J connectivity index is 0.771. The van der Waals surface area contributed by atoms with Crippen LogP contribution in [0.25, 0.3) is 33.4 Å². The van der Waals surface area contributed by atoms with Gasteiger partial charge in [0, 0.05) is 84.5 Å². The average Bonchev–Trinajstić information content (AvgIpc) is 1.71. The lowest BCUT2D eigenvalue weighted by molar-refractivity contribution is 0.660. The van der Waals surface area contributed by atoms with Gasteiger partial charge in [0.1, 0.15) is 0 Å². The van der Waals surface area contributed by atoms with Crippen molar-refractivity contribution < 1.29 is 0 Å². The van der Waals surface area contributed by atoms with Crippen molar-refractivity contribution in [3.8, 4) is 33.4 Å². The minimum Gasteiger partial charge on any atom is -0.310 e. The second-order valence-corrected chi connectivity index (χ2v) is 24.6. The fraction of sp³-hybridized carbons (Fsp3) is 0.111. The highest BCUT2D eigenvalue weighted by Gasteiger charge is 2.41. The predicted octanol–water partition coefficient (Wildman–Crippen LogP) is 22.5. The van der Waals surface area contributed by atoms with E-state index in [-0.39, 0.29) is 16.2 Å². The molecule has 12 aromatic carbocycles. The minimum absolute atomic E-state index is 0.260. The number of fused-ring (bicyclic) bond motifs is 9. The van der Waals surface area contributed by atoms with E-state index in [2.05, 4.69) is 352 Å². The van der Waals surface area contributed by atoms with Gasteiger partial charge in [0.25, 0.3) is 0 Å². The lowest BCUT2D eigenvalue weighted by atomic mass is 9.81. The zero-order valence-corrected chi connectivity index (χ0v) is 49.0. The lowest BCUT2D eigenvalue weighted by Gasteiger charge is -2.30. The first-order valence-corrected chi connectivity index (χ1v) is 29.8. The van der Waals surface area contributed by atoms with Gasteiger partial charge in [-0.3, -0.25) is 0 Å². The normalized spacial score (nSPS) is 14.0. The maximum Gasteiger partial charge on any atom is 0.0465 e. The van der Waals surface area contributed by atoms with Crippen molar-refractivity contribution in [1.82, 2.24) is 0 Å². The zero-order valence-electron chi connectivity index (χ0n) is 49.0. The van der Waals surface area contributed by atoms with Crippen molar-refractivity contribution in [3.05, 3.63) is 325 Å². The molecule has 3 aliphatic rings. The van der Waals surface area contributed by atoms with Crippen LogP contribution >= 0.6 is 0 Å². The van der Waals surface area contributed by atoms with Crippen molar-refractivity contribution in [3.63, 3.8) is 0 Å². The van der Waals surface area contributed by atoms with Gasteiger partial charge in [-0.15, -0.1) is 0 Å². The maximum absolute atomic E-state index is 2.46. The molecule has 0 aromatic heterocycles. The molecular formula is C81H66N4. The molecule has 3 aliphatic carbocycles. The van der Waals surface area contributed by atoms with Crippen LogP contribution in [0, 0.1) is 0 Å². The highest BCUT2D eigenvalue weighted by molar-refractivity contribution is 5.93. The van der Waals surface area contributed by atoms with Crippen LogP contribution in [-0.2, 0) is 16.2 Å². The van der Waals surface area contributed by atoms with Gasteiger partial charge in [-0.05, 0) is 212 Å². The maximum atomic E-state index is 2.46. The third-order valence-corrected chi connectivity index (χ3v) is 18.6. The first kappa shape index (κ1) is 51.7. The predicted molar refractivity (Wildman–Crippen MR) is 358 cm³/mol. The molecule has 410 valence electrons. The molecule has 85 heavy (non-hydrogen) atoms. The van der Waals surface area contributed by atoms with Gasteiger partial charge < -0.3 is 19.6 Å². The van der Waals surface area contributed by atoms with Crippen molar-refractivity contribution in [2.75, 3.05) is 19.6 Å². The Kier molecular flexibility index (Phi) is 12.2. The Labute approximate surface area is 500 Å². The molecule has 0 atom stereocenters. The summed E-state index contributed by atoms with van der Waals surface area (Å²) in [5.41, 5.74) is 28.5. The minimum atomic E-state index is -0.305. The van der Waals surface area contributed by atoms with Gasteiger partial charge in [-0.25, -0.2) is 0 Å². The molecule has 12 aromatic rings. The molecule has 4 nitrogen and oxygen atoms in total. The Morgan fingerprint density at radius 1 is 0.165 bits per heavy atom. The van der Waals surface area contributed by atoms with Crippen LogP contribution in [0.3, 0.4) is 0 Å². The van der Waals surface area contributed by atoms with Crippen molar-refractivity contribution in [1.29, 1.82) is 0 Å². The van der Waals surface area contributed by atoms with Gasteiger partial charge in [-0.2, -0.15) is 0 Å². The van der Waals surface area contributed by atoms with Crippen LogP contribution in [0.4, 0.5) is 68.2 Å². The van der Waals surface area contributed by atoms with Crippen LogP contribution in [0.15, 0.2) is 291 Å². The first-order valence-electron chi connectivity index (χ1n) is 29.8. The summed E-state index contributed by atoms with van der Waals surface area (Å²) in [6, 6.07) is 107. The van der Waals surface area contributed by atoms with Crippen molar-refractivity contribution in [2.24, 2.45) is 0 Å². The smallest absolute Gasteiger partial charge is 0.0465 e. The van der Waals surface area contributed by atoms with Gasteiger partial charge in [0.05, 0.1) is 0 Å². The van der Waals surface area contributed by atoms with E-state index >= 15 is 0 Å². The van der Waals surface area contributed by atoms with Crippen molar-refractivity contribution >= 4 is 68.2 Å². The molecule has 0 bridgehead atoms. The Bertz CT molecular complexity index is 4130. The number of rotatable bonds is 12. The van der Waals surface area contributed by atoms with E-state index in [4.69, 9.17) is 0 Å². The second kappa shape index (κ2) is 20.0. The number of hydrogen-bond acceptors (Lipinski definition) is 4. The lowest BCUT2D eigenvalue weighted by Crippen LogP contribution is -2.19. The molecule has 0 N–H and O–H groups in total. The third kappa shape index (κ3) is 8.49. The number of para-hydroxylation sites is 6. The van der Waals surface area contributed by atoms with E-state index in [0.29, 0.717) is 0 Å². The molecule has 0 radical (unpaired) electrons. The number of nitrogens with zero attached hydrogens (tertiary/aromatic N) is 4. The van der Waals surface area contributed by atoms with Crippen LogP contribution in [-0.4, -0.2) is 0 Å². The van der Waals surface area contributed by atoms with E-state index in [1.807, 2.05) is 0 Å². The van der Waals surface area contributed by atoms with Crippen LogP contribution < -0.4 is 19.6 Å². The molecule has 0 spiro atoms. The SMILES string of the molecule is CC1(C)c2cc(N(c3ccccc3)c3ccccc3)ccc2-c2ccc(N(c3ccccc3)c3ccc4c(c3)C(C)(C)c3cc(N(c5ccccc5)c5ccc6c(c5)C(C)(C)c5cc(N(c7ccccc7)c7ccccc7)ccc5-6)ccc3-4)cc21. The fourth-order valence-corrected chi connectivity index (χ4v) is 14.2. The van der Waals surface area contributed by atoms with E-state index < -0.39 is 0 Å². The summed E-state index contributed by atoms with van der Waals surface area (Å²) in [5.74, 6) is 0. The highest BCUT2D eigenvalue weighted by atomic mass is 15.2. The van der Waals surface area contributed by atoms with Gasteiger partial charge >= 0.3 is 0 Å². The Hall–Kier alpha value is -10.2. The summed E-state index contributed by atoms with van der Waals surface area (Å²) in [6.45, 7) is 14.4. The molecule has 0 aliphatic heterocycles. The molecule has 0 amide bonds. The number of benzene rings is 12. The van der Waals surface area contributed by atoms with Gasteiger partial charge in [0.15, 0.2) is 0 Å². The second-order valence-electron chi connectivity index (χ2n) is 24.6. The standard InChI is InChI=1S/C81H66N4/c1-79(2)73-49-61(82(55-25-13-7-14-26-55)56-27-15-8-16-28-56)37-43-67(73)69-45-39-63(51-75(69)79)84(59-33-21-11-22-34-59)65-41-47-71-72-48-42-66(54-78(72)81(5,6)77(71)53-65)85(60-35-23-12-24-36-60)64-40-46-70-68-44-38-62(50-74(68)80(3,4)76(70)52-64)83(57-29-17-9-18-30-57)58-31-19-10-20-32-58/h7-54H,1-6H3. The zero-order chi connectivity index (χ0) is 57.6. The molecule has 0 heterocycles. The summed E-state index contributed by atoms with van der Waals surface area (Å²) in [6.07, 6.45) is 0. The van der Waals surface area contributed by atoms with E-state index in [1.165, 1.54) is 66.8 Å². The number of hydrogen-bond donors (Lipinski definition) is 0. The Morgan fingerprint density at radius 3 is 0.459 bits per heavy atom. The number of anilines is 12. The molecule has 0 saturated heterocycles. The summed E-state index contributed by atoms with van der Waals surface area (Å²) >= 11 is 0. The molecule has 0 fully saturated rings. The summed E-state index contributed by atoms with van der Waals surface area (Å²) in [5, 5.41) is 0. The highest BCUT2D eigenvalue weighted by Crippen LogP contribution is 2.57. The molecule has 4 heteroatoms. The van der Waals surface area contributed by atoms with Gasteiger partial charge in [-0.1, -0.05) is 187 Å².